The minimum atomic E-state index is -0.646. The lowest BCUT2D eigenvalue weighted by Crippen LogP contribution is -2.10. The maximum atomic E-state index is 9.51. The fraction of sp³-hybridized carbons (Fsp3) is 0.273. The molecule has 0 heterocycles. The molecule has 0 aliphatic rings. The zero-order valence-corrected chi connectivity index (χ0v) is 7.48. The van der Waals surface area contributed by atoms with Gasteiger partial charge in [-0.05, 0) is 11.1 Å². The maximum Gasteiger partial charge on any atom is 0.0812 e. The first-order valence-corrected chi connectivity index (χ1v) is 4.29. The van der Waals surface area contributed by atoms with Gasteiger partial charge in [0, 0.05) is 13.0 Å². The van der Waals surface area contributed by atoms with Crippen LogP contribution in [0.3, 0.4) is 0 Å². The third-order valence-corrected chi connectivity index (χ3v) is 1.95. The summed E-state index contributed by atoms with van der Waals surface area (Å²) in [4.78, 5) is 0. The van der Waals surface area contributed by atoms with Crippen LogP contribution in [0.2, 0.25) is 0 Å². The highest BCUT2D eigenvalue weighted by Gasteiger charge is 2.08. The molecule has 0 bridgehead atoms. The van der Waals surface area contributed by atoms with Crippen LogP contribution in [0.25, 0.3) is 5.57 Å². The molecule has 70 valence electrons. The van der Waals surface area contributed by atoms with Crippen LogP contribution in [0.4, 0.5) is 0 Å². The van der Waals surface area contributed by atoms with E-state index >= 15 is 0 Å². The minimum absolute atomic E-state index is 0.0208. The van der Waals surface area contributed by atoms with Crippen LogP contribution in [0.5, 0.6) is 0 Å². The van der Waals surface area contributed by atoms with Crippen molar-refractivity contribution in [3.63, 3.8) is 0 Å². The Hall–Kier alpha value is -1.12. The molecular formula is C11H14O2. The van der Waals surface area contributed by atoms with E-state index in [2.05, 4.69) is 6.58 Å². The second-order valence-corrected chi connectivity index (χ2v) is 2.92. The van der Waals surface area contributed by atoms with Gasteiger partial charge in [-0.1, -0.05) is 36.9 Å². The normalized spacial score (nSPS) is 12.5. The van der Waals surface area contributed by atoms with Gasteiger partial charge in [0.2, 0.25) is 0 Å². The first-order valence-electron chi connectivity index (χ1n) is 4.29. The van der Waals surface area contributed by atoms with E-state index in [4.69, 9.17) is 5.11 Å². The molecule has 2 N–H and O–H groups in total. The van der Waals surface area contributed by atoms with E-state index in [1.165, 1.54) is 0 Å². The SMILES string of the molecule is C=C(c1ccccc1)C(O)CCO. The summed E-state index contributed by atoms with van der Waals surface area (Å²) in [5.74, 6) is 0. The Morgan fingerprint density at radius 3 is 2.46 bits per heavy atom. The van der Waals surface area contributed by atoms with Gasteiger partial charge in [0.05, 0.1) is 6.10 Å². The molecule has 2 heteroatoms. The minimum Gasteiger partial charge on any atom is -0.396 e. The van der Waals surface area contributed by atoms with Gasteiger partial charge >= 0.3 is 0 Å². The van der Waals surface area contributed by atoms with Crippen molar-refractivity contribution in [1.82, 2.24) is 0 Å². The highest BCUT2D eigenvalue weighted by molar-refractivity contribution is 5.66. The topological polar surface area (TPSA) is 40.5 Å². The molecular weight excluding hydrogens is 164 g/mol. The second kappa shape index (κ2) is 4.80. The number of hydrogen-bond acceptors (Lipinski definition) is 2. The molecule has 0 aliphatic carbocycles. The van der Waals surface area contributed by atoms with Crippen LogP contribution in [0.1, 0.15) is 12.0 Å². The van der Waals surface area contributed by atoms with E-state index < -0.39 is 6.10 Å². The molecule has 1 aromatic carbocycles. The Morgan fingerprint density at radius 2 is 1.92 bits per heavy atom. The summed E-state index contributed by atoms with van der Waals surface area (Å²) in [5, 5.41) is 18.1. The highest BCUT2D eigenvalue weighted by Crippen LogP contribution is 2.17. The molecule has 1 rings (SSSR count). The zero-order valence-electron chi connectivity index (χ0n) is 7.48. The molecule has 0 aromatic heterocycles. The van der Waals surface area contributed by atoms with Crippen molar-refractivity contribution < 1.29 is 10.2 Å². The Bertz CT molecular complexity index is 267. The smallest absolute Gasteiger partial charge is 0.0812 e. The van der Waals surface area contributed by atoms with Crippen molar-refractivity contribution in [2.75, 3.05) is 6.61 Å². The van der Waals surface area contributed by atoms with E-state index in [0.29, 0.717) is 12.0 Å². The molecule has 0 saturated carbocycles. The van der Waals surface area contributed by atoms with Gasteiger partial charge in [0.25, 0.3) is 0 Å². The lowest BCUT2D eigenvalue weighted by molar-refractivity contribution is 0.177. The lowest BCUT2D eigenvalue weighted by Gasteiger charge is -2.12. The molecule has 13 heavy (non-hydrogen) atoms. The van der Waals surface area contributed by atoms with Crippen molar-refractivity contribution in [2.24, 2.45) is 0 Å². The molecule has 0 aliphatic heterocycles. The van der Waals surface area contributed by atoms with E-state index in [1.54, 1.807) is 0 Å². The summed E-state index contributed by atoms with van der Waals surface area (Å²) in [5.41, 5.74) is 1.58. The quantitative estimate of drug-likeness (QED) is 0.732. The predicted molar refractivity (Wildman–Crippen MR) is 53.2 cm³/mol. The average Bonchev–Trinajstić information content (AvgIpc) is 2.18. The Morgan fingerprint density at radius 1 is 1.31 bits per heavy atom. The van der Waals surface area contributed by atoms with Gasteiger partial charge in [-0.2, -0.15) is 0 Å². The number of rotatable bonds is 4. The second-order valence-electron chi connectivity index (χ2n) is 2.92. The number of aliphatic hydroxyl groups excluding tert-OH is 2. The molecule has 0 radical (unpaired) electrons. The monoisotopic (exact) mass is 178 g/mol. The summed E-state index contributed by atoms with van der Waals surface area (Å²) in [7, 11) is 0. The van der Waals surface area contributed by atoms with Crippen LogP contribution < -0.4 is 0 Å². The zero-order chi connectivity index (χ0) is 9.68. The number of benzene rings is 1. The molecule has 0 spiro atoms. The van der Waals surface area contributed by atoms with Crippen LogP contribution in [-0.2, 0) is 0 Å². The number of aliphatic hydroxyl groups is 2. The van der Waals surface area contributed by atoms with Gasteiger partial charge in [-0.3, -0.25) is 0 Å². The van der Waals surface area contributed by atoms with Crippen molar-refractivity contribution in [3.05, 3.63) is 42.5 Å². The molecule has 1 aromatic rings. The third kappa shape index (κ3) is 2.68. The molecule has 1 atom stereocenters. The molecule has 2 nitrogen and oxygen atoms in total. The predicted octanol–water partition coefficient (Wildman–Crippen LogP) is 1.44. The van der Waals surface area contributed by atoms with Gasteiger partial charge in [-0.15, -0.1) is 0 Å². The van der Waals surface area contributed by atoms with E-state index in [0.717, 1.165) is 5.56 Å². The molecule has 1 unspecified atom stereocenters. The summed E-state index contributed by atoms with van der Waals surface area (Å²) < 4.78 is 0. The fourth-order valence-corrected chi connectivity index (χ4v) is 1.14. The van der Waals surface area contributed by atoms with Gasteiger partial charge in [-0.25, -0.2) is 0 Å². The largest absolute Gasteiger partial charge is 0.396 e. The Kier molecular flexibility index (Phi) is 3.68. The van der Waals surface area contributed by atoms with Crippen molar-refractivity contribution in [2.45, 2.75) is 12.5 Å². The summed E-state index contributed by atoms with van der Waals surface area (Å²) in [6.07, 6.45) is -0.305. The van der Waals surface area contributed by atoms with Crippen molar-refractivity contribution in [1.29, 1.82) is 0 Å². The van der Waals surface area contributed by atoms with E-state index in [9.17, 15) is 5.11 Å². The molecule has 0 saturated heterocycles. The van der Waals surface area contributed by atoms with Crippen molar-refractivity contribution >= 4 is 5.57 Å². The van der Waals surface area contributed by atoms with Gasteiger partial charge < -0.3 is 10.2 Å². The lowest BCUT2D eigenvalue weighted by atomic mass is 10.0. The van der Waals surface area contributed by atoms with E-state index in [1.807, 2.05) is 30.3 Å². The highest BCUT2D eigenvalue weighted by atomic mass is 16.3. The fourth-order valence-electron chi connectivity index (χ4n) is 1.14. The van der Waals surface area contributed by atoms with Crippen LogP contribution >= 0.6 is 0 Å². The molecule has 0 fully saturated rings. The maximum absolute atomic E-state index is 9.51. The standard InChI is InChI=1S/C11H14O2/c1-9(11(13)7-8-12)10-5-3-2-4-6-10/h2-6,11-13H,1,7-8H2. The number of hydrogen-bond donors (Lipinski definition) is 2. The van der Waals surface area contributed by atoms with Crippen LogP contribution in [0.15, 0.2) is 36.9 Å². The summed E-state index contributed by atoms with van der Waals surface area (Å²) >= 11 is 0. The Labute approximate surface area is 78.2 Å². The van der Waals surface area contributed by atoms with Crippen LogP contribution in [-0.4, -0.2) is 22.9 Å². The van der Waals surface area contributed by atoms with Gasteiger partial charge in [0.1, 0.15) is 0 Å². The summed E-state index contributed by atoms with van der Waals surface area (Å²) in [6.45, 7) is 3.76. The van der Waals surface area contributed by atoms with E-state index in [-0.39, 0.29) is 6.61 Å². The first kappa shape index (κ1) is 9.96. The van der Waals surface area contributed by atoms with Gasteiger partial charge in [0.15, 0.2) is 0 Å². The first-order chi connectivity index (χ1) is 6.25. The van der Waals surface area contributed by atoms with Crippen molar-refractivity contribution in [3.8, 4) is 0 Å². The average molecular weight is 178 g/mol. The van der Waals surface area contributed by atoms with Crippen LogP contribution in [0, 0.1) is 0 Å². The Balaban J connectivity index is 2.68. The summed E-state index contributed by atoms with van der Waals surface area (Å²) in [6, 6.07) is 9.49. The third-order valence-electron chi connectivity index (χ3n) is 1.95. The molecule has 0 amide bonds.